The minimum atomic E-state index is -4.30. The number of aliphatic hydroxyl groups excluding tert-OH is 1. The highest BCUT2D eigenvalue weighted by molar-refractivity contribution is 7.46. The smallest absolute Gasteiger partial charge is 0.395 e. The van der Waals surface area contributed by atoms with Gasteiger partial charge >= 0.3 is 7.82 Å². The SMILES string of the molecule is CCCCCCC(CCCC)COP(=O)(O)O.CCCCN(CCO)CCCC. The van der Waals surface area contributed by atoms with Gasteiger partial charge in [-0.05, 0) is 44.7 Å². The average molecular weight is 440 g/mol. The molecule has 0 bridgehead atoms. The first kappa shape index (κ1) is 31.2. The zero-order chi connectivity index (χ0) is 22.4. The van der Waals surface area contributed by atoms with Crippen LogP contribution in [0.15, 0.2) is 0 Å². The van der Waals surface area contributed by atoms with Gasteiger partial charge in [0.25, 0.3) is 0 Å². The van der Waals surface area contributed by atoms with Crippen LogP contribution in [0.2, 0.25) is 0 Å². The molecule has 1 atom stereocenters. The topological polar surface area (TPSA) is 90.2 Å². The fourth-order valence-electron chi connectivity index (χ4n) is 3.11. The molecule has 178 valence electrons. The molecule has 0 aromatic rings. The second-order valence-electron chi connectivity index (χ2n) is 7.92. The van der Waals surface area contributed by atoms with E-state index in [0.29, 0.717) is 12.5 Å². The van der Waals surface area contributed by atoms with Crippen LogP contribution in [0.1, 0.15) is 105 Å². The van der Waals surface area contributed by atoms with Gasteiger partial charge in [-0.3, -0.25) is 4.52 Å². The first-order valence-electron chi connectivity index (χ1n) is 11.9. The lowest BCUT2D eigenvalue weighted by Gasteiger charge is -2.20. The standard InChI is InChI=1S/C12H27O4P.C10H23NO/c1-3-5-7-8-10-12(9-6-4-2)11-16-17(13,14)15;1-3-5-7-11(9-10-12)8-6-4-2/h12H,3-11H2,1-2H3,(H2,13,14,15);12H,3-10H2,1-2H3. The monoisotopic (exact) mass is 439 g/mol. The summed E-state index contributed by atoms with van der Waals surface area (Å²) in [6, 6.07) is 0. The first-order chi connectivity index (χ1) is 13.8. The predicted molar refractivity (Wildman–Crippen MR) is 123 cm³/mol. The van der Waals surface area contributed by atoms with E-state index < -0.39 is 7.82 Å². The number of hydrogen-bond acceptors (Lipinski definition) is 4. The van der Waals surface area contributed by atoms with Gasteiger partial charge in [0.1, 0.15) is 0 Å². The summed E-state index contributed by atoms with van der Waals surface area (Å²) in [6.07, 6.45) is 14.0. The Morgan fingerprint density at radius 1 is 0.759 bits per heavy atom. The van der Waals surface area contributed by atoms with Crippen molar-refractivity contribution in [2.24, 2.45) is 5.92 Å². The lowest BCUT2D eigenvalue weighted by atomic mass is 9.96. The van der Waals surface area contributed by atoms with Crippen molar-refractivity contribution in [3.63, 3.8) is 0 Å². The van der Waals surface area contributed by atoms with E-state index in [1.54, 1.807) is 0 Å². The van der Waals surface area contributed by atoms with E-state index in [-0.39, 0.29) is 6.61 Å². The number of hydrogen-bond donors (Lipinski definition) is 3. The van der Waals surface area contributed by atoms with E-state index >= 15 is 0 Å². The molecule has 1 unspecified atom stereocenters. The molecule has 0 aromatic heterocycles. The summed E-state index contributed by atoms with van der Waals surface area (Å²) < 4.78 is 15.3. The van der Waals surface area contributed by atoms with Gasteiger partial charge in [0.15, 0.2) is 0 Å². The van der Waals surface area contributed by atoms with E-state index in [1.807, 2.05) is 0 Å². The second-order valence-corrected chi connectivity index (χ2v) is 9.16. The van der Waals surface area contributed by atoms with E-state index in [1.165, 1.54) is 44.9 Å². The lowest BCUT2D eigenvalue weighted by molar-refractivity contribution is 0.157. The molecule has 0 aliphatic heterocycles. The minimum absolute atomic E-state index is 0.191. The lowest BCUT2D eigenvalue weighted by Crippen LogP contribution is -2.28. The Kier molecular flexibility index (Phi) is 24.4. The third kappa shape index (κ3) is 26.0. The van der Waals surface area contributed by atoms with Gasteiger partial charge in [-0.1, -0.05) is 79.1 Å². The van der Waals surface area contributed by atoms with Crippen LogP contribution in [0.5, 0.6) is 0 Å². The van der Waals surface area contributed by atoms with Crippen LogP contribution in [-0.2, 0) is 9.09 Å². The fourth-order valence-corrected chi connectivity index (χ4v) is 3.51. The maximum atomic E-state index is 10.7. The molecule has 29 heavy (non-hydrogen) atoms. The normalized spacial score (nSPS) is 12.7. The van der Waals surface area contributed by atoms with Crippen LogP contribution in [-0.4, -0.2) is 52.6 Å². The summed E-state index contributed by atoms with van der Waals surface area (Å²) in [7, 11) is -4.30. The summed E-state index contributed by atoms with van der Waals surface area (Å²) in [5.74, 6) is 0.291. The Morgan fingerprint density at radius 2 is 1.28 bits per heavy atom. The molecule has 0 heterocycles. The quantitative estimate of drug-likeness (QED) is 0.175. The van der Waals surface area contributed by atoms with Crippen LogP contribution >= 0.6 is 7.82 Å². The summed E-state index contributed by atoms with van der Waals surface area (Å²) in [5.41, 5.74) is 0. The Bertz CT molecular complexity index is 357. The van der Waals surface area contributed by atoms with Gasteiger partial charge in [-0.25, -0.2) is 4.57 Å². The highest BCUT2D eigenvalue weighted by Gasteiger charge is 2.17. The average Bonchev–Trinajstić information content (AvgIpc) is 2.68. The highest BCUT2D eigenvalue weighted by Crippen LogP contribution is 2.37. The van der Waals surface area contributed by atoms with E-state index in [9.17, 15) is 4.57 Å². The van der Waals surface area contributed by atoms with Crippen molar-refractivity contribution in [1.82, 2.24) is 4.90 Å². The molecule has 0 fully saturated rings. The van der Waals surface area contributed by atoms with Crippen molar-refractivity contribution in [1.29, 1.82) is 0 Å². The molecule has 0 radical (unpaired) electrons. The third-order valence-electron chi connectivity index (χ3n) is 4.98. The second kappa shape index (κ2) is 22.7. The zero-order valence-corrected chi connectivity index (χ0v) is 20.5. The Hall–Kier alpha value is 0.0300. The van der Waals surface area contributed by atoms with Gasteiger partial charge in [0, 0.05) is 6.54 Å². The van der Waals surface area contributed by atoms with Crippen LogP contribution in [0.25, 0.3) is 0 Å². The molecule has 0 spiro atoms. The van der Waals surface area contributed by atoms with Crippen LogP contribution < -0.4 is 0 Å². The minimum Gasteiger partial charge on any atom is -0.395 e. The van der Waals surface area contributed by atoms with Crippen molar-refractivity contribution in [2.75, 3.05) is 32.8 Å². The van der Waals surface area contributed by atoms with Crippen molar-refractivity contribution in [3.8, 4) is 0 Å². The predicted octanol–water partition coefficient (Wildman–Crippen LogP) is 5.75. The summed E-state index contributed by atoms with van der Waals surface area (Å²) >= 11 is 0. The van der Waals surface area contributed by atoms with Crippen molar-refractivity contribution in [2.45, 2.75) is 105 Å². The van der Waals surface area contributed by atoms with E-state index in [2.05, 4.69) is 37.1 Å². The molecule has 6 nitrogen and oxygen atoms in total. The fraction of sp³-hybridized carbons (Fsp3) is 1.00. The van der Waals surface area contributed by atoms with Crippen molar-refractivity contribution in [3.05, 3.63) is 0 Å². The van der Waals surface area contributed by atoms with Gasteiger partial charge in [-0.15, -0.1) is 0 Å². The number of nitrogens with zero attached hydrogens (tertiary/aromatic N) is 1. The largest absolute Gasteiger partial charge is 0.469 e. The molecule has 0 aliphatic rings. The summed E-state index contributed by atoms with van der Waals surface area (Å²) in [4.78, 5) is 19.7. The summed E-state index contributed by atoms with van der Waals surface area (Å²) in [5, 5.41) is 8.79. The Morgan fingerprint density at radius 3 is 1.72 bits per heavy atom. The molecule has 0 aromatic carbocycles. The maximum Gasteiger partial charge on any atom is 0.469 e. The van der Waals surface area contributed by atoms with Gasteiger partial charge in [0.05, 0.1) is 13.2 Å². The van der Waals surface area contributed by atoms with Crippen molar-refractivity contribution >= 4 is 7.82 Å². The third-order valence-corrected chi connectivity index (χ3v) is 5.47. The Labute approximate surface area is 180 Å². The molecule has 0 aliphatic carbocycles. The van der Waals surface area contributed by atoms with E-state index in [0.717, 1.165) is 51.7 Å². The van der Waals surface area contributed by atoms with Gasteiger partial charge in [-0.2, -0.15) is 0 Å². The summed E-state index contributed by atoms with van der Waals surface area (Å²) in [6.45, 7) is 12.3. The zero-order valence-electron chi connectivity index (χ0n) is 19.7. The van der Waals surface area contributed by atoms with Crippen LogP contribution in [0, 0.1) is 5.92 Å². The number of rotatable bonds is 19. The maximum absolute atomic E-state index is 10.7. The molecule has 0 saturated carbocycles. The number of phosphoric acid groups is 1. The molecular formula is C22H50NO5P. The molecular weight excluding hydrogens is 389 g/mol. The van der Waals surface area contributed by atoms with Crippen LogP contribution in [0.3, 0.4) is 0 Å². The number of unbranched alkanes of at least 4 members (excludes halogenated alkanes) is 6. The molecule has 3 N–H and O–H groups in total. The van der Waals surface area contributed by atoms with Crippen LogP contribution in [0.4, 0.5) is 0 Å². The molecule has 0 amide bonds. The molecule has 0 saturated heterocycles. The number of phosphoric ester groups is 1. The molecule has 0 rings (SSSR count). The Balaban J connectivity index is 0. The first-order valence-corrected chi connectivity index (χ1v) is 13.4. The van der Waals surface area contributed by atoms with E-state index in [4.69, 9.17) is 14.9 Å². The van der Waals surface area contributed by atoms with Gasteiger partial charge < -0.3 is 19.8 Å². The van der Waals surface area contributed by atoms with Gasteiger partial charge in [0.2, 0.25) is 0 Å². The number of aliphatic hydroxyl groups is 1. The molecule has 7 heteroatoms. The highest BCUT2D eigenvalue weighted by atomic mass is 31.2. The van der Waals surface area contributed by atoms with Crippen molar-refractivity contribution < 1.29 is 24.0 Å².